The quantitative estimate of drug-likeness (QED) is 0.756. The summed E-state index contributed by atoms with van der Waals surface area (Å²) in [5.41, 5.74) is 0.135. The van der Waals surface area contributed by atoms with E-state index in [9.17, 15) is 10.2 Å². The molecule has 24 heavy (non-hydrogen) atoms. The Morgan fingerprint density at radius 3 is 2.79 bits per heavy atom. The zero-order valence-corrected chi connectivity index (χ0v) is 14.7. The zero-order chi connectivity index (χ0) is 17.3. The number of aliphatic hydroxyl groups is 2. The Bertz CT molecular complexity index is 679. The van der Waals surface area contributed by atoms with Crippen molar-refractivity contribution in [2.45, 2.75) is 51.7 Å². The van der Waals surface area contributed by atoms with E-state index in [0.29, 0.717) is 12.5 Å². The van der Waals surface area contributed by atoms with Crippen molar-refractivity contribution in [3.8, 4) is 0 Å². The predicted octanol–water partition coefficient (Wildman–Crippen LogP) is 2.33. The Kier molecular flexibility index (Phi) is 4.78. The van der Waals surface area contributed by atoms with Crippen LogP contribution in [0.15, 0.2) is 18.6 Å². The standard InChI is InChI=1S/C18H28N4O2/c1-4-12-9-13(18(2,3)24)10-15(12)22(7-8-23)17-14-5-6-19-16(14)20-11-21-17/h5-6,11-13,15,23-24H,4,7-10H2,1-3H3,(H,19,20,21). The van der Waals surface area contributed by atoms with Gasteiger partial charge in [0.25, 0.3) is 0 Å². The predicted molar refractivity (Wildman–Crippen MR) is 94.9 cm³/mol. The van der Waals surface area contributed by atoms with Gasteiger partial charge in [0.15, 0.2) is 0 Å². The van der Waals surface area contributed by atoms with Crippen molar-refractivity contribution in [3.05, 3.63) is 18.6 Å². The number of aromatic amines is 1. The van der Waals surface area contributed by atoms with Crippen LogP contribution >= 0.6 is 0 Å². The number of nitrogens with zero attached hydrogens (tertiary/aromatic N) is 3. The lowest BCUT2D eigenvalue weighted by atomic mass is 9.88. The molecule has 3 atom stereocenters. The third kappa shape index (κ3) is 3.13. The molecule has 3 unspecified atom stereocenters. The lowest BCUT2D eigenvalue weighted by molar-refractivity contribution is 0.0178. The van der Waals surface area contributed by atoms with Gasteiger partial charge in [-0.2, -0.15) is 0 Å². The van der Waals surface area contributed by atoms with Gasteiger partial charge < -0.3 is 20.1 Å². The molecule has 132 valence electrons. The summed E-state index contributed by atoms with van der Waals surface area (Å²) in [5, 5.41) is 21.1. The van der Waals surface area contributed by atoms with E-state index in [1.54, 1.807) is 6.33 Å². The molecule has 0 aliphatic heterocycles. The minimum atomic E-state index is -0.678. The van der Waals surface area contributed by atoms with Crippen LogP contribution in [0.3, 0.4) is 0 Å². The van der Waals surface area contributed by atoms with Gasteiger partial charge in [0.1, 0.15) is 17.8 Å². The topological polar surface area (TPSA) is 85.3 Å². The largest absolute Gasteiger partial charge is 0.395 e. The van der Waals surface area contributed by atoms with E-state index in [0.717, 1.165) is 36.1 Å². The summed E-state index contributed by atoms with van der Waals surface area (Å²) in [4.78, 5) is 14.1. The van der Waals surface area contributed by atoms with Crippen molar-refractivity contribution < 1.29 is 10.2 Å². The van der Waals surface area contributed by atoms with Crippen LogP contribution in [0, 0.1) is 11.8 Å². The summed E-state index contributed by atoms with van der Waals surface area (Å²) in [6.45, 7) is 6.62. The van der Waals surface area contributed by atoms with Crippen LogP contribution in [-0.4, -0.2) is 50.0 Å². The molecule has 6 nitrogen and oxygen atoms in total. The monoisotopic (exact) mass is 332 g/mol. The van der Waals surface area contributed by atoms with E-state index in [1.807, 2.05) is 26.1 Å². The van der Waals surface area contributed by atoms with Crippen molar-refractivity contribution in [2.24, 2.45) is 11.8 Å². The summed E-state index contributed by atoms with van der Waals surface area (Å²) in [6, 6.07) is 2.25. The summed E-state index contributed by atoms with van der Waals surface area (Å²) in [5.74, 6) is 1.62. The SMILES string of the molecule is CCC1CC(C(C)(C)O)CC1N(CCO)c1ncnc2[nH]ccc12. The summed E-state index contributed by atoms with van der Waals surface area (Å²) in [6.07, 6.45) is 6.42. The van der Waals surface area contributed by atoms with E-state index in [1.165, 1.54) is 0 Å². The highest BCUT2D eigenvalue weighted by molar-refractivity contribution is 5.87. The van der Waals surface area contributed by atoms with Gasteiger partial charge in [-0.25, -0.2) is 9.97 Å². The first-order valence-electron chi connectivity index (χ1n) is 8.83. The highest BCUT2D eigenvalue weighted by Gasteiger charge is 2.43. The fraction of sp³-hybridized carbons (Fsp3) is 0.667. The molecule has 1 aliphatic carbocycles. The minimum Gasteiger partial charge on any atom is -0.395 e. The van der Waals surface area contributed by atoms with Crippen LogP contribution in [0.5, 0.6) is 0 Å². The van der Waals surface area contributed by atoms with Gasteiger partial charge in [-0.3, -0.25) is 0 Å². The molecule has 2 aromatic heterocycles. The van der Waals surface area contributed by atoms with E-state index in [2.05, 4.69) is 26.8 Å². The molecule has 0 spiro atoms. The van der Waals surface area contributed by atoms with Crippen molar-refractivity contribution >= 4 is 16.9 Å². The highest BCUT2D eigenvalue weighted by atomic mass is 16.3. The lowest BCUT2D eigenvalue weighted by Gasteiger charge is -2.34. The van der Waals surface area contributed by atoms with Crippen molar-refractivity contribution in [1.29, 1.82) is 0 Å². The van der Waals surface area contributed by atoms with Gasteiger partial charge >= 0.3 is 0 Å². The fourth-order valence-electron chi connectivity index (χ4n) is 4.12. The molecule has 1 saturated carbocycles. The molecule has 6 heteroatoms. The number of nitrogens with one attached hydrogen (secondary N) is 1. The van der Waals surface area contributed by atoms with E-state index in [-0.39, 0.29) is 18.6 Å². The Hall–Kier alpha value is -1.66. The second-order valence-electron chi connectivity index (χ2n) is 7.41. The van der Waals surface area contributed by atoms with Crippen LogP contribution in [0.1, 0.15) is 40.0 Å². The zero-order valence-electron chi connectivity index (χ0n) is 14.7. The minimum absolute atomic E-state index is 0.0794. The molecule has 1 aliphatic rings. The average molecular weight is 332 g/mol. The number of hydrogen-bond donors (Lipinski definition) is 3. The lowest BCUT2D eigenvalue weighted by Crippen LogP contribution is -2.41. The first-order chi connectivity index (χ1) is 11.5. The van der Waals surface area contributed by atoms with Crippen LogP contribution in [-0.2, 0) is 0 Å². The Morgan fingerprint density at radius 1 is 1.33 bits per heavy atom. The first kappa shape index (κ1) is 17.2. The number of aromatic nitrogens is 3. The Morgan fingerprint density at radius 2 is 2.12 bits per heavy atom. The fourth-order valence-corrected chi connectivity index (χ4v) is 4.12. The summed E-state index contributed by atoms with van der Waals surface area (Å²) in [7, 11) is 0. The van der Waals surface area contributed by atoms with Crippen LogP contribution in [0.25, 0.3) is 11.0 Å². The van der Waals surface area contributed by atoms with Crippen molar-refractivity contribution in [3.63, 3.8) is 0 Å². The molecule has 0 amide bonds. The molecule has 0 aromatic carbocycles. The third-order valence-electron chi connectivity index (χ3n) is 5.53. The molecule has 2 heterocycles. The summed E-state index contributed by atoms with van der Waals surface area (Å²) >= 11 is 0. The smallest absolute Gasteiger partial charge is 0.142 e. The Labute approximate surface area is 142 Å². The van der Waals surface area contributed by atoms with Crippen LogP contribution in [0.4, 0.5) is 5.82 Å². The van der Waals surface area contributed by atoms with Crippen LogP contribution in [0.2, 0.25) is 0 Å². The molecule has 3 N–H and O–H groups in total. The number of anilines is 1. The second kappa shape index (κ2) is 6.69. The molecule has 2 aromatic rings. The molecular formula is C18H28N4O2. The van der Waals surface area contributed by atoms with Gasteiger partial charge in [-0.05, 0) is 44.6 Å². The first-order valence-corrected chi connectivity index (χ1v) is 8.83. The number of rotatable bonds is 6. The average Bonchev–Trinajstić information content (AvgIpc) is 3.18. The maximum Gasteiger partial charge on any atom is 0.142 e. The van der Waals surface area contributed by atoms with E-state index < -0.39 is 5.60 Å². The van der Waals surface area contributed by atoms with Gasteiger partial charge in [0.05, 0.1) is 17.6 Å². The Balaban J connectivity index is 1.97. The highest BCUT2D eigenvalue weighted by Crippen LogP contribution is 2.43. The molecular weight excluding hydrogens is 304 g/mol. The van der Waals surface area contributed by atoms with Gasteiger partial charge in [0.2, 0.25) is 0 Å². The maximum absolute atomic E-state index is 10.5. The third-order valence-corrected chi connectivity index (χ3v) is 5.53. The maximum atomic E-state index is 10.5. The summed E-state index contributed by atoms with van der Waals surface area (Å²) < 4.78 is 0. The van der Waals surface area contributed by atoms with Crippen LogP contribution < -0.4 is 4.90 Å². The van der Waals surface area contributed by atoms with Gasteiger partial charge in [0, 0.05) is 18.8 Å². The van der Waals surface area contributed by atoms with Gasteiger partial charge in [-0.1, -0.05) is 13.3 Å². The number of aliphatic hydroxyl groups excluding tert-OH is 1. The normalized spacial score (nSPS) is 24.6. The number of fused-ring (bicyclic) bond motifs is 1. The molecule has 0 saturated heterocycles. The molecule has 0 radical (unpaired) electrons. The molecule has 1 fully saturated rings. The number of H-pyrrole nitrogens is 1. The van der Waals surface area contributed by atoms with Crippen molar-refractivity contribution in [1.82, 2.24) is 15.0 Å². The molecule has 3 rings (SSSR count). The van der Waals surface area contributed by atoms with Gasteiger partial charge in [-0.15, -0.1) is 0 Å². The molecule has 0 bridgehead atoms. The van der Waals surface area contributed by atoms with E-state index >= 15 is 0 Å². The van der Waals surface area contributed by atoms with E-state index in [4.69, 9.17) is 0 Å². The second-order valence-corrected chi connectivity index (χ2v) is 7.41. The van der Waals surface area contributed by atoms with Crippen molar-refractivity contribution in [2.75, 3.05) is 18.1 Å². The number of hydrogen-bond acceptors (Lipinski definition) is 5.